The smallest absolute Gasteiger partial charge is 0.252 e. The summed E-state index contributed by atoms with van der Waals surface area (Å²) in [5.74, 6) is 1.41. The maximum absolute atomic E-state index is 12.8. The Labute approximate surface area is 177 Å². The lowest BCUT2D eigenvalue weighted by Crippen LogP contribution is -2.49. The SMILES string of the molecule is COc1cc(OC)cc(C(=O)NC(C(=O)NCc2cn3c(n2)CCCC3)C(C)C)c1. The number of nitrogens with one attached hydrogen (secondary N) is 2. The van der Waals surface area contributed by atoms with Crippen LogP contribution in [0.2, 0.25) is 0 Å². The van der Waals surface area contributed by atoms with Crippen LogP contribution in [0.4, 0.5) is 0 Å². The van der Waals surface area contributed by atoms with Crippen molar-refractivity contribution in [3.63, 3.8) is 0 Å². The Balaban J connectivity index is 1.65. The van der Waals surface area contributed by atoms with Gasteiger partial charge in [-0.2, -0.15) is 0 Å². The monoisotopic (exact) mass is 414 g/mol. The van der Waals surface area contributed by atoms with Crippen molar-refractivity contribution in [1.29, 1.82) is 0 Å². The molecule has 0 spiro atoms. The molecule has 0 saturated carbocycles. The van der Waals surface area contributed by atoms with Crippen molar-refractivity contribution in [3.8, 4) is 11.5 Å². The van der Waals surface area contributed by atoms with Crippen LogP contribution in [-0.2, 0) is 24.3 Å². The second-order valence-electron chi connectivity index (χ2n) is 7.81. The first kappa shape index (κ1) is 21.7. The van der Waals surface area contributed by atoms with Gasteiger partial charge in [0.2, 0.25) is 5.91 Å². The molecule has 2 heterocycles. The van der Waals surface area contributed by atoms with E-state index in [0.29, 0.717) is 23.6 Å². The van der Waals surface area contributed by atoms with Gasteiger partial charge in [-0.05, 0) is 30.9 Å². The number of imidazole rings is 1. The fourth-order valence-corrected chi connectivity index (χ4v) is 3.54. The van der Waals surface area contributed by atoms with E-state index in [1.807, 2.05) is 20.0 Å². The largest absolute Gasteiger partial charge is 0.497 e. The van der Waals surface area contributed by atoms with E-state index in [4.69, 9.17) is 9.47 Å². The number of aromatic nitrogens is 2. The van der Waals surface area contributed by atoms with Crippen LogP contribution in [0, 0.1) is 5.92 Å². The Morgan fingerprint density at radius 1 is 1.13 bits per heavy atom. The van der Waals surface area contributed by atoms with Gasteiger partial charge in [0.05, 0.1) is 26.5 Å². The van der Waals surface area contributed by atoms with Crippen molar-refractivity contribution in [1.82, 2.24) is 20.2 Å². The predicted octanol–water partition coefficient (Wildman–Crippen LogP) is 2.31. The van der Waals surface area contributed by atoms with Crippen molar-refractivity contribution >= 4 is 11.8 Å². The van der Waals surface area contributed by atoms with Gasteiger partial charge in [-0.25, -0.2) is 4.98 Å². The predicted molar refractivity (Wildman–Crippen MR) is 113 cm³/mol. The second kappa shape index (κ2) is 9.65. The number of hydrogen-bond acceptors (Lipinski definition) is 5. The van der Waals surface area contributed by atoms with Gasteiger partial charge in [0.1, 0.15) is 23.4 Å². The van der Waals surface area contributed by atoms with E-state index < -0.39 is 6.04 Å². The second-order valence-corrected chi connectivity index (χ2v) is 7.81. The maximum Gasteiger partial charge on any atom is 0.252 e. The lowest BCUT2D eigenvalue weighted by atomic mass is 10.0. The Hall–Kier alpha value is -3.03. The third-order valence-corrected chi connectivity index (χ3v) is 5.25. The molecule has 1 aromatic carbocycles. The Morgan fingerprint density at radius 3 is 2.43 bits per heavy atom. The zero-order chi connectivity index (χ0) is 21.7. The van der Waals surface area contributed by atoms with Crippen LogP contribution in [0.5, 0.6) is 11.5 Å². The van der Waals surface area contributed by atoms with E-state index in [1.54, 1.807) is 18.2 Å². The van der Waals surface area contributed by atoms with Gasteiger partial charge >= 0.3 is 0 Å². The third kappa shape index (κ3) is 5.11. The fourth-order valence-electron chi connectivity index (χ4n) is 3.54. The number of carbonyl (C=O) groups excluding carboxylic acids is 2. The van der Waals surface area contributed by atoms with Gasteiger partial charge in [0.25, 0.3) is 5.91 Å². The normalized spacial score (nSPS) is 14.0. The molecule has 0 saturated heterocycles. The minimum Gasteiger partial charge on any atom is -0.497 e. The van der Waals surface area contributed by atoms with E-state index in [0.717, 1.165) is 37.3 Å². The minimum atomic E-state index is -0.674. The molecule has 8 heteroatoms. The van der Waals surface area contributed by atoms with Crippen LogP contribution < -0.4 is 20.1 Å². The number of fused-ring (bicyclic) bond motifs is 1. The number of methoxy groups -OCH3 is 2. The summed E-state index contributed by atoms with van der Waals surface area (Å²) in [6.45, 7) is 5.11. The highest BCUT2D eigenvalue weighted by molar-refractivity contribution is 5.98. The summed E-state index contributed by atoms with van der Waals surface area (Å²) in [6, 6.07) is 4.24. The van der Waals surface area contributed by atoms with Crippen LogP contribution in [0.3, 0.4) is 0 Å². The third-order valence-electron chi connectivity index (χ3n) is 5.25. The first-order valence-electron chi connectivity index (χ1n) is 10.3. The van der Waals surface area contributed by atoms with Crippen molar-refractivity contribution in [3.05, 3.63) is 41.5 Å². The highest BCUT2D eigenvalue weighted by Gasteiger charge is 2.25. The molecule has 1 unspecified atom stereocenters. The molecule has 3 rings (SSSR count). The zero-order valence-corrected chi connectivity index (χ0v) is 18.0. The van der Waals surface area contributed by atoms with Crippen LogP contribution in [-0.4, -0.2) is 41.6 Å². The summed E-state index contributed by atoms with van der Waals surface area (Å²) in [5.41, 5.74) is 1.21. The van der Waals surface area contributed by atoms with Gasteiger partial charge in [0.15, 0.2) is 0 Å². The molecule has 0 bridgehead atoms. The van der Waals surface area contributed by atoms with E-state index >= 15 is 0 Å². The number of nitrogens with zero attached hydrogens (tertiary/aromatic N) is 2. The lowest BCUT2D eigenvalue weighted by molar-refractivity contribution is -0.124. The molecular formula is C22H30N4O4. The van der Waals surface area contributed by atoms with Gasteiger partial charge in [-0.1, -0.05) is 13.8 Å². The summed E-state index contributed by atoms with van der Waals surface area (Å²) in [5, 5.41) is 5.75. The topological polar surface area (TPSA) is 94.5 Å². The van der Waals surface area contributed by atoms with Crippen molar-refractivity contribution < 1.29 is 19.1 Å². The van der Waals surface area contributed by atoms with E-state index in [-0.39, 0.29) is 17.7 Å². The average molecular weight is 415 g/mol. The summed E-state index contributed by atoms with van der Waals surface area (Å²) in [6.07, 6.45) is 5.29. The van der Waals surface area contributed by atoms with Crippen molar-refractivity contribution in [2.75, 3.05) is 14.2 Å². The van der Waals surface area contributed by atoms with E-state index in [1.165, 1.54) is 14.2 Å². The first-order chi connectivity index (χ1) is 14.4. The molecule has 2 aromatic rings. The first-order valence-corrected chi connectivity index (χ1v) is 10.3. The average Bonchev–Trinajstić information content (AvgIpc) is 3.18. The summed E-state index contributed by atoms with van der Waals surface area (Å²) in [4.78, 5) is 30.2. The lowest BCUT2D eigenvalue weighted by Gasteiger charge is -2.22. The molecule has 2 N–H and O–H groups in total. The Bertz CT molecular complexity index is 861. The number of hydrogen-bond donors (Lipinski definition) is 2. The summed E-state index contributed by atoms with van der Waals surface area (Å²) in [7, 11) is 3.04. The van der Waals surface area contributed by atoms with Crippen LogP contribution in [0.1, 0.15) is 48.6 Å². The van der Waals surface area contributed by atoms with Crippen LogP contribution in [0.15, 0.2) is 24.4 Å². The number of carbonyl (C=O) groups is 2. The maximum atomic E-state index is 12.8. The molecule has 1 aliphatic rings. The fraction of sp³-hybridized carbons (Fsp3) is 0.500. The Morgan fingerprint density at radius 2 is 1.83 bits per heavy atom. The molecular weight excluding hydrogens is 384 g/mol. The number of amides is 2. The molecule has 30 heavy (non-hydrogen) atoms. The molecule has 1 aliphatic heterocycles. The molecule has 8 nitrogen and oxygen atoms in total. The van der Waals surface area contributed by atoms with Crippen LogP contribution >= 0.6 is 0 Å². The van der Waals surface area contributed by atoms with Crippen molar-refractivity contribution in [2.45, 2.75) is 52.2 Å². The van der Waals surface area contributed by atoms with Gasteiger partial charge in [-0.15, -0.1) is 0 Å². The zero-order valence-electron chi connectivity index (χ0n) is 18.0. The number of rotatable bonds is 8. The molecule has 0 radical (unpaired) electrons. The summed E-state index contributed by atoms with van der Waals surface area (Å²) < 4.78 is 12.6. The molecule has 1 aromatic heterocycles. The Kier molecular flexibility index (Phi) is 6.97. The van der Waals surface area contributed by atoms with E-state index in [9.17, 15) is 9.59 Å². The molecule has 2 amide bonds. The molecule has 0 aliphatic carbocycles. The highest BCUT2D eigenvalue weighted by atomic mass is 16.5. The molecule has 1 atom stereocenters. The number of aryl methyl sites for hydroxylation is 2. The molecule has 162 valence electrons. The van der Waals surface area contributed by atoms with Crippen LogP contribution in [0.25, 0.3) is 0 Å². The van der Waals surface area contributed by atoms with Gasteiger partial charge < -0.3 is 24.7 Å². The van der Waals surface area contributed by atoms with E-state index in [2.05, 4.69) is 20.2 Å². The highest BCUT2D eigenvalue weighted by Crippen LogP contribution is 2.22. The number of benzene rings is 1. The molecule has 0 fully saturated rings. The van der Waals surface area contributed by atoms with Gasteiger partial charge in [-0.3, -0.25) is 9.59 Å². The standard InChI is InChI=1S/C22H30N4O4/c1-14(2)20(25-21(27)15-9-17(29-3)11-18(10-15)30-4)22(28)23-12-16-13-26-8-6-5-7-19(26)24-16/h9-11,13-14,20H,5-8,12H2,1-4H3,(H,23,28)(H,25,27). The van der Waals surface area contributed by atoms with Crippen molar-refractivity contribution in [2.24, 2.45) is 5.92 Å². The quantitative estimate of drug-likeness (QED) is 0.691. The van der Waals surface area contributed by atoms with Gasteiger partial charge in [0, 0.05) is 30.8 Å². The summed E-state index contributed by atoms with van der Waals surface area (Å²) >= 11 is 0. The minimum absolute atomic E-state index is 0.0864. The number of ether oxygens (including phenoxy) is 2.